The molecule has 90 valence electrons. The zero-order valence-corrected chi connectivity index (χ0v) is 11.8. The first-order valence-electron chi connectivity index (χ1n) is 5.72. The third-order valence-electron chi connectivity index (χ3n) is 3.17. The zero-order valence-electron chi connectivity index (χ0n) is 10.2. The van der Waals surface area contributed by atoms with E-state index in [9.17, 15) is 0 Å². The minimum atomic E-state index is 0.823. The highest BCUT2D eigenvalue weighted by atomic mass is 79.9. The number of hydrogen-bond acceptors (Lipinski definition) is 2. The third kappa shape index (κ3) is 1.73. The smallest absolute Gasteiger partial charge is 0.146 e. The summed E-state index contributed by atoms with van der Waals surface area (Å²) < 4.78 is 2.87. The molecule has 0 bridgehead atoms. The van der Waals surface area contributed by atoms with Crippen LogP contribution in [0.5, 0.6) is 0 Å². The van der Waals surface area contributed by atoms with Crippen LogP contribution in [0.4, 0.5) is 0 Å². The van der Waals surface area contributed by atoms with Crippen LogP contribution in [-0.2, 0) is 0 Å². The van der Waals surface area contributed by atoms with Crippen LogP contribution in [0.2, 0.25) is 0 Å². The predicted molar refractivity (Wildman–Crippen MR) is 75.6 cm³/mol. The number of imidazole rings is 1. The van der Waals surface area contributed by atoms with Gasteiger partial charge in [-0.05, 0) is 47.0 Å². The van der Waals surface area contributed by atoms with Gasteiger partial charge >= 0.3 is 0 Å². The van der Waals surface area contributed by atoms with Crippen LogP contribution in [0.1, 0.15) is 11.1 Å². The first kappa shape index (κ1) is 11.4. The molecule has 0 aliphatic carbocycles. The Balaban J connectivity index is 2.28. The molecule has 3 rings (SSSR count). The topological polar surface area (TPSA) is 30.2 Å². The second-order valence-corrected chi connectivity index (χ2v) is 5.11. The van der Waals surface area contributed by atoms with Crippen molar-refractivity contribution < 1.29 is 0 Å². The SMILES string of the molecule is Cc1ccc(-c2nc(Br)c3cnccn23)cc1C. The minimum Gasteiger partial charge on any atom is -0.296 e. The van der Waals surface area contributed by atoms with Crippen molar-refractivity contribution in [2.75, 3.05) is 0 Å². The Kier molecular flexibility index (Phi) is 2.67. The summed E-state index contributed by atoms with van der Waals surface area (Å²) in [7, 11) is 0. The summed E-state index contributed by atoms with van der Waals surface area (Å²) >= 11 is 3.48. The first-order chi connectivity index (χ1) is 8.66. The molecule has 0 aliphatic heterocycles. The summed E-state index contributed by atoms with van der Waals surface area (Å²) in [6.45, 7) is 4.23. The Morgan fingerprint density at radius 3 is 2.78 bits per heavy atom. The lowest BCUT2D eigenvalue weighted by Gasteiger charge is -2.04. The first-order valence-corrected chi connectivity index (χ1v) is 6.51. The number of aryl methyl sites for hydroxylation is 2. The molecule has 0 fully saturated rings. The van der Waals surface area contributed by atoms with Gasteiger partial charge < -0.3 is 0 Å². The summed E-state index contributed by atoms with van der Waals surface area (Å²) in [4.78, 5) is 8.69. The van der Waals surface area contributed by atoms with Crippen LogP contribution in [0.15, 0.2) is 41.4 Å². The lowest BCUT2D eigenvalue weighted by Crippen LogP contribution is -1.91. The van der Waals surface area contributed by atoms with Crippen LogP contribution in [0.25, 0.3) is 16.9 Å². The fourth-order valence-corrected chi connectivity index (χ4v) is 2.45. The number of rotatable bonds is 1. The average Bonchev–Trinajstić information content (AvgIpc) is 2.71. The Hall–Kier alpha value is -1.68. The molecule has 0 amide bonds. The van der Waals surface area contributed by atoms with Gasteiger partial charge in [-0.1, -0.05) is 12.1 Å². The Bertz CT molecular complexity index is 731. The van der Waals surface area contributed by atoms with Crippen LogP contribution >= 0.6 is 15.9 Å². The van der Waals surface area contributed by atoms with Crippen LogP contribution in [0, 0.1) is 13.8 Å². The molecule has 3 nitrogen and oxygen atoms in total. The lowest BCUT2D eigenvalue weighted by molar-refractivity contribution is 1.12. The fourth-order valence-electron chi connectivity index (χ4n) is 1.99. The fraction of sp³-hybridized carbons (Fsp3) is 0.143. The van der Waals surface area contributed by atoms with Gasteiger partial charge in [0.1, 0.15) is 10.4 Å². The van der Waals surface area contributed by atoms with E-state index in [-0.39, 0.29) is 0 Å². The Labute approximate surface area is 114 Å². The predicted octanol–water partition coefficient (Wildman–Crippen LogP) is 3.78. The molecule has 0 N–H and O–H groups in total. The maximum absolute atomic E-state index is 4.57. The van der Waals surface area contributed by atoms with Crippen LogP contribution in [0.3, 0.4) is 0 Å². The van der Waals surface area contributed by atoms with Crippen LogP contribution < -0.4 is 0 Å². The van der Waals surface area contributed by atoms with Crippen molar-refractivity contribution in [2.24, 2.45) is 0 Å². The van der Waals surface area contributed by atoms with Gasteiger partial charge in [-0.2, -0.15) is 0 Å². The second kappa shape index (κ2) is 4.21. The van der Waals surface area contributed by atoms with Crippen LogP contribution in [-0.4, -0.2) is 14.4 Å². The van der Waals surface area contributed by atoms with E-state index in [1.54, 1.807) is 6.20 Å². The summed E-state index contributed by atoms with van der Waals surface area (Å²) in [5.74, 6) is 0.933. The number of hydrogen-bond donors (Lipinski definition) is 0. The van der Waals surface area contributed by atoms with Gasteiger partial charge in [-0.25, -0.2) is 4.98 Å². The molecule has 0 saturated carbocycles. The van der Waals surface area contributed by atoms with E-state index in [1.165, 1.54) is 11.1 Å². The van der Waals surface area contributed by atoms with E-state index >= 15 is 0 Å². The minimum absolute atomic E-state index is 0.823. The molecular formula is C14H12BrN3. The van der Waals surface area contributed by atoms with Gasteiger partial charge in [-0.3, -0.25) is 9.38 Å². The molecule has 0 aliphatic rings. The van der Waals surface area contributed by atoms with Gasteiger partial charge in [-0.15, -0.1) is 0 Å². The van der Waals surface area contributed by atoms with Crippen molar-refractivity contribution in [1.29, 1.82) is 0 Å². The number of aromatic nitrogens is 3. The van der Waals surface area contributed by atoms with Gasteiger partial charge in [0.05, 0.1) is 11.7 Å². The van der Waals surface area contributed by atoms with Crippen molar-refractivity contribution in [1.82, 2.24) is 14.4 Å². The standard InChI is InChI=1S/C14H12BrN3/c1-9-3-4-11(7-10(9)2)14-17-13(15)12-8-16-5-6-18(12)14/h3-8H,1-2H3. The van der Waals surface area contributed by atoms with Crippen molar-refractivity contribution in [3.8, 4) is 11.4 Å². The molecule has 0 radical (unpaired) electrons. The van der Waals surface area contributed by atoms with Gasteiger partial charge in [0.25, 0.3) is 0 Å². The van der Waals surface area contributed by atoms with E-state index in [1.807, 2.05) is 16.8 Å². The largest absolute Gasteiger partial charge is 0.296 e. The van der Waals surface area contributed by atoms with Crippen molar-refractivity contribution in [2.45, 2.75) is 13.8 Å². The molecule has 2 heterocycles. The normalized spacial score (nSPS) is 11.1. The molecular weight excluding hydrogens is 290 g/mol. The van der Waals surface area contributed by atoms with Crippen molar-refractivity contribution >= 4 is 21.4 Å². The van der Waals surface area contributed by atoms with E-state index in [4.69, 9.17) is 0 Å². The maximum Gasteiger partial charge on any atom is 0.146 e. The van der Waals surface area contributed by atoms with Gasteiger partial charge in [0.2, 0.25) is 0 Å². The van der Waals surface area contributed by atoms with Crippen molar-refractivity contribution in [3.05, 3.63) is 52.5 Å². The molecule has 18 heavy (non-hydrogen) atoms. The molecule has 0 spiro atoms. The number of benzene rings is 1. The summed E-state index contributed by atoms with van der Waals surface area (Å²) in [5, 5.41) is 0. The average molecular weight is 302 g/mol. The van der Waals surface area contributed by atoms with E-state index in [2.05, 4.69) is 57.9 Å². The molecule has 3 aromatic rings. The number of fused-ring (bicyclic) bond motifs is 1. The molecule has 4 heteroatoms. The Morgan fingerprint density at radius 1 is 1.17 bits per heavy atom. The summed E-state index contributed by atoms with van der Waals surface area (Å²) in [6, 6.07) is 6.39. The quantitative estimate of drug-likeness (QED) is 0.685. The molecule has 2 aromatic heterocycles. The third-order valence-corrected chi connectivity index (χ3v) is 3.75. The van der Waals surface area contributed by atoms with E-state index in [0.29, 0.717) is 0 Å². The molecule has 0 saturated heterocycles. The summed E-state index contributed by atoms with van der Waals surface area (Å²) in [5.41, 5.74) is 4.66. The maximum atomic E-state index is 4.57. The summed E-state index contributed by atoms with van der Waals surface area (Å²) in [6.07, 6.45) is 5.50. The number of nitrogens with zero attached hydrogens (tertiary/aromatic N) is 3. The Morgan fingerprint density at radius 2 is 2.00 bits per heavy atom. The highest BCUT2D eigenvalue weighted by molar-refractivity contribution is 9.10. The highest BCUT2D eigenvalue weighted by Gasteiger charge is 2.11. The monoisotopic (exact) mass is 301 g/mol. The van der Waals surface area contributed by atoms with Gasteiger partial charge in [0.15, 0.2) is 0 Å². The van der Waals surface area contributed by atoms with E-state index < -0.39 is 0 Å². The van der Waals surface area contributed by atoms with Crippen molar-refractivity contribution in [3.63, 3.8) is 0 Å². The second-order valence-electron chi connectivity index (χ2n) is 4.36. The zero-order chi connectivity index (χ0) is 12.7. The highest BCUT2D eigenvalue weighted by Crippen LogP contribution is 2.26. The molecule has 0 unspecified atom stereocenters. The number of halogens is 1. The van der Waals surface area contributed by atoms with Gasteiger partial charge in [0, 0.05) is 18.0 Å². The lowest BCUT2D eigenvalue weighted by atomic mass is 10.1. The van der Waals surface area contributed by atoms with E-state index in [0.717, 1.165) is 21.5 Å². The molecule has 0 atom stereocenters. The molecule has 1 aromatic carbocycles.